The highest BCUT2D eigenvalue weighted by atomic mass is 19.1. The Morgan fingerprint density at radius 1 is 1.40 bits per heavy atom. The molecular weight excluding hydrogens is 193 g/mol. The molecule has 1 heterocycles. The molecule has 4 heteroatoms. The topological polar surface area (TPSA) is 41.6 Å². The van der Waals surface area contributed by atoms with Crippen LogP contribution in [0.1, 0.15) is 18.3 Å². The number of halogens is 1. The van der Waals surface area contributed by atoms with Gasteiger partial charge in [0.2, 0.25) is 0 Å². The molecule has 0 spiro atoms. The quantitative estimate of drug-likeness (QED) is 0.818. The standard InChI is InChI=1S/C11H12FN3/c1-3-10-13-11(15-14-10)9-5-4-8(12)6-7(9)2/h4-6H,3H2,1-2H3,(H,13,14,15). The second-order valence-corrected chi connectivity index (χ2v) is 3.42. The van der Waals surface area contributed by atoms with E-state index >= 15 is 0 Å². The van der Waals surface area contributed by atoms with Crippen molar-refractivity contribution < 1.29 is 4.39 Å². The molecule has 0 amide bonds. The van der Waals surface area contributed by atoms with Crippen molar-refractivity contribution in [3.05, 3.63) is 35.4 Å². The predicted molar refractivity (Wildman–Crippen MR) is 55.9 cm³/mol. The molecular formula is C11H12FN3. The fraction of sp³-hybridized carbons (Fsp3) is 0.273. The smallest absolute Gasteiger partial charge is 0.181 e. The second kappa shape index (κ2) is 3.81. The van der Waals surface area contributed by atoms with Crippen LogP contribution in [0.3, 0.4) is 0 Å². The van der Waals surface area contributed by atoms with E-state index in [-0.39, 0.29) is 5.82 Å². The number of rotatable bonds is 2. The number of nitrogens with one attached hydrogen (secondary N) is 1. The van der Waals surface area contributed by atoms with Crippen molar-refractivity contribution in [2.45, 2.75) is 20.3 Å². The first-order valence-electron chi connectivity index (χ1n) is 4.88. The van der Waals surface area contributed by atoms with Crippen molar-refractivity contribution in [2.75, 3.05) is 0 Å². The van der Waals surface area contributed by atoms with Gasteiger partial charge in [0.15, 0.2) is 5.82 Å². The third-order valence-corrected chi connectivity index (χ3v) is 2.30. The second-order valence-electron chi connectivity index (χ2n) is 3.42. The first kappa shape index (κ1) is 9.83. The average Bonchev–Trinajstić information content (AvgIpc) is 2.66. The van der Waals surface area contributed by atoms with Gasteiger partial charge in [0.1, 0.15) is 11.6 Å². The molecule has 78 valence electrons. The predicted octanol–water partition coefficient (Wildman–Crippen LogP) is 2.48. The lowest BCUT2D eigenvalue weighted by Gasteiger charge is -2.00. The van der Waals surface area contributed by atoms with Crippen LogP contribution in [0.25, 0.3) is 11.4 Å². The maximum Gasteiger partial charge on any atom is 0.181 e. The van der Waals surface area contributed by atoms with Gasteiger partial charge in [-0.2, -0.15) is 5.10 Å². The van der Waals surface area contributed by atoms with Gasteiger partial charge in [-0.3, -0.25) is 5.10 Å². The van der Waals surface area contributed by atoms with Crippen LogP contribution in [0.5, 0.6) is 0 Å². The summed E-state index contributed by atoms with van der Waals surface area (Å²) in [6.45, 7) is 3.85. The van der Waals surface area contributed by atoms with E-state index in [2.05, 4.69) is 15.2 Å². The van der Waals surface area contributed by atoms with E-state index < -0.39 is 0 Å². The molecule has 0 aliphatic carbocycles. The lowest BCUT2D eigenvalue weighted by atomic mass is 10.1. The molecule has 0 unspecified atom stereocenters. The van der Waals surface area contributed by atoms with Gasteiger partial charge in [-0.15, -0.1) is 0 Å². The molecule has 0 atom stereocenters. The molecule has 0 aliphatic rings. The summed E-state index contributed by atoms with van der Waals surface area (Å²) in [7, 11) is 0. The fourth-order valence-corrected chi connectivity index (χ4v) is 1.45. The van der Waals surface area contributed by atoms with Crippen molar-refractivity contribution in [1.29, 1.82) is 0 Å². The largest absolute Gasteiger partial charge is 0.263 e. The van der Waals surface area contributed by atoms with Crippen molar-refractivity contribution in [3.8, 4) is 11.4 Å². The fourth-order valence-electron chi connectivity index (χ4n) is 1.45. The Kier molecular flexibility index (Phi) is 2.49. The number of hydrogen-bond acceptors (Lipinski definition) is 2. The van der Waals surface area contributed by atoms with Crippen LogP contribution in [0.4, 0.5) is 4.39 Å². The molecule has 0 aliphatic heterocycles. The number of aromatic amines is 1. The zero-order valence-electron chi connectivity index (χ0n) is 8.71. The maximum absolute atomic E-state index is 12.9. The lowest BCUT2D eigenvalue weighted by molar-refractivity contribution is 0.627. The van der Waals surface area contributed by atoms with E-state index in [4.69, 9.17) is 0 Å². The van der Waals surface area contributed by atoms with E-state index in [1.807, 2.05) is 13.8 Å². The summed E-state index contributed by atoms with van der Waals surface area (Å²) in [4.78, 5) is 4.30. The normalized spacial score (nSPS) is 10.6. The molecule has 0 bridgehead atoms. The lowest BCUT2D eigenvalue weighted by Crippen LogP contribution is -1.87. The number of aromatic nitrogens is 3. The summed E-state index contributed by atoms with van der Waals surface area (Å²) in [6, 6.07) is 4.61. The summed E-state index contributed by atoms with van der Waals surface area (Å²) < 4.78 is 12.9. The minimum absolute atomic E-state index is 0.234. The molecule has 1 aromatic heterocycles. The van der Waals surface area contributed by atoms with Crippen LogP contribution in [0.2, 0.25) is 0 Å². The Bertz CT molecular complexity index is 476. The number of H-pyrrole nitrogens is 1. The SMILES string of the molecule is CCc1nc(-c2ccc(F)cc2C)n[nH]1. The zero-order valence-corrected chi connectivity index (χ0v) is 8.71. The van der Waals surface area contributed by atoms with E-state index in [1.54, 1.807) is 6.07 Å². The van der Waals surface area contributed by atoms with E-state index in [9.17, 15) is 4.39 Å². The van der Waals surface area contributed by atoms with Gasteiger partial charge in [0, 0.05) is 12.0 Å². The molecule has 3 nitrogen and oxygen atoms in total. The highest BCUT2D eigenvalue weighted by molar-refractivity contribution is 5.59. The Morgan fingerprint density at radius 3 is 2.80 bits per heavy atom. The van der Waals surface area contributed by atoms with Crippen molar-refractivity contribution in [2.24, 2.45) is 0 Å². The van der Waals surface area contributed by atoms with Crippen LogP contribution >= 0.6 is 0 Å². The first-order chi connectivity index (χ1) is 7.20. The number of nitrogens with zero attached hydrogens (tertiary/aromatic N) is 2. The van der Waals surface area contributed by atoms with Crippen LogP contribution in [0, 0.1) is 12.7 Å². The third kappa shape index (κ3) is 1.88. The third-order valence-electron chi connectivity index (χ3n) is 2.30. The van der Waals surface area contributed by atoms with E-state index in [1.165, 1.54) is 12.1 Å². The molecule has 15 heavy (non-hydrogen) atoms. The monoisotopic (exact) mass is 205 g/mol. The first-order valence-corrected chi connectivity index (χ1v) is 4.88. The molecule has 2 rings (SSSR count). The van der Waals surface area contributed by atoms with Crippen molar-refractivity contribution >= 4 is 0 Å². The zero-order chi connectivity index (χ0) is 10.8. The molecule has 0 saturated heterocycles. The summed E-state index contributed by atoms with van der Waals surface area (Å²) in [6.07, 6.45) is 0.813. The van der Waals surface area contributed by atoms with Gasteiger partial charge < -0.3 is 0 Å². The number of aryl methyl sites for hydroxylation is 2. The van der Waals surface area contributed by atoms with Gasteiger partial charge in [-0.05, 0) is 30.7 Å². The molecule has 0 saturated carbocycles. The van der Waals surface area contributed by atoms with Gasteiger partial charge in [0.25, 0.3) is 0 Å². The molecule has 1 N–H and O–H groups in total. The molecule has 2 aromatic rings. The highest BCUT2D eigenvalue weighted by Crippen LogP contribution is 2.20. The average molecular weight is 205 g/mol. The summed E-state index contributed by atoms with van der Waals surface area (Å²) >= 11 is 0. The van der Waals surface area contributed by atoms with E-state index in [0.29, 0.717) is 5.82 Å². The Balaban J connectivity index is 2.44. The van der Waals surface area contributed by atoms with Crippen molar-refractivity contribution in [1.82, 2.24) is 15.2 Å². The van der Waals surface area contributed by atoms with Crippen LogP contribution in [-0.2, 0) is 6.42 Å². The highest BCUT2D eigenvalue weighted by Gasteiger charge is 2.08. The van der Waals surface area contributed by atoms with Crippen LogP contribution < -0.4 is 0 Å². The van der Waals surface area contributed by atoms with Crippen molar-refractivity contribution in [3.63, 3.8) is 0 Å². The Hall–Kier alpha value is -1.71. The van der Waals surface area contributed by atoms with Gasteiger partial charge in [-0.25, -0.2) is 9.37 Å². The Morgan fingerprint density at radius 2 is 2.20 bits per heavy atom. The summed E-state index contributed by atoms with van der Waals surface area (Å²) in [5.74, 6) is 1.24. The minimum Gasteiger partial charge on any atom is -0.263 e. The summed E-state index contributed by atoms with van der Waals surface area (Å²) in [5, 5.41) is 6.93. The van der Waals surface area contributed by atoms with Gasteiger partial charge in [-0.1, -0.05) is 6.92 Å². The number of benzene rings is 1. The minimum atomic E-state index is -0.234. The molecule has 0 fully saturated rings. The van der Waals surface area contributed by atoms with Gasteiger partial charge in [0.05, 0.1) is 0 Å². The molecule has 0 radical (unpaired) electrons. The summed E-state index contributed by atoms with van der Waals surface area (Å²) in [5.41, 5.74) is 1.71. The van der Waals surface area contributed by atoms with Crippen LogP contribution in [-0.4, -0.2) is 15.2 Å². The van der Waals surface area contributed by atoms with Crippen LogP contribution in [0.15, 0.2) is 18.2 Å². The van der Waals surface area contributed by atoms with E-state index in [0.717, 1.165) is 23.4 Å². The number of hydrogen-bond donors (Lipinski definition) is 1. The molecule has 1 aromatic carbocycles. The Labute approximate surface area is 87.4 Å². The van der Waals surface area contributed by atoms with Gasteiger partial charge >= 0.3 is 0 Å². The maximum atomic E-state index is 12.9.